The number of nitrogens with one attached hydrogen (secondary N) is 14. The number of unbranched alkanes of at least 4 members (excludes halogenated alkanes) is 2. The number of carboxylic acid groups (broad SMARTS) is 2. The van der Waals surface area contributed by atoms with Crippen molar-refractivity contribution >= 4 is 112 Å². The number of hydrogen-bond donors (Lipinski definition) is 27. The van der Waals surface area contributed by atoms with Crippen molar-refractivity contribution in [2.75, 3.05) is 32.7 Å². The van der Waals surface area contributed by atoms with Crippen LogP contribution in [-0.2, 0) is 92.7 Å². The average Bonchev–Trinajstić information content (AvgIpc) is 1.69. The number of phenols is 1. The molecule has 1 aromatic rings. The van der Waals surface area contributed by atoms with Gasteiger partial charge in [-0.25, -0.2) is 4.79 Å². The van der Waals surface area contributed by atoms with Crippen LogP contribution in [-0.4, -0.2) is 301 Å². The van der Waals surface area contributed by atoms with Gasteiger partial charge >= 0.3 is 11.9 Å². The Morgan fingerprint density at radius 1 is 0.450 bits per heavy atom. The number of nitrogens with two attached hydrogens (primary N) is 6. The second-order valence-electron chi connectivity index (χ2n) is 33.5. The standard InChI is InChI=1S/C82H140N22O25/c1-13-42(8)63(77(124)97-54(36-39(2)3)72(119)93-52(28-30-57(85)110)71(118)101-65(45(11)107)79(126)103-66(46(12)108)81(128)129)100-69(116)50(21-15-17-33-84)92-67(114)49(20-14-16-32-83)91-58(111)38-90-74(121)56-23-19-35-104(56)80(127)62(41(6)7)99-70(117)53(29-31-59(112)113)95-76(123)61(40(4)5)98-73(120)55(37-47-24-26-48(109)27-25-47)96-68(115)51(22-18-34-89-82(87)88)94-78(125)64(44(10)106)102-75(122)60(86)43(9)105/h24-27,39-46,49-56,60-66,105-109H,13-23,28-38,83-84,86H2,1-12H3,(H2,85,110)(H,90,121)(H,91,111)(H,92,114)(H,93,119)(H,94,125)(H,95,123)(H,96,115)(H,97,124)(H,98,120)(H,99,117)(H,100,116)(H,101,118)(H,102,122)(H,103,126)(H,112,113)(H,128,129)(H4,87,88,89)/t42-,43+,44+,45+,46+,49-,50-,51-,52-,53-,54-,55-,56+,60-,61-,62-,63-,64-,65-,66-/m0/s1. The number of likely N-dealkylation sites (tertiary alicyclic amines) is 1. The predicted molar refractivity (Wildman–Crippen MR) is 467 cm³/mol. The minimum atomic E-state index is -1.87. The Morgan fingerprint density at radius 2 is 0.845 bits per heavy atom. The number of aliphatic carboxylic acids is 2. The minimum Gasteiger partial charge on any atom is -0.508 e. The highest BCUT2D eigenvalue weighted by atomic mass is 16.4. The van der Waals surface area contributed by atoms with Gasteiger partial charge in [0.05, 0.1) is 31.0 Å². The summed E-state index contributed by atoms with van der Waals surface area (Å²) in [6.45, 7) is 16.9. The molecule has 20 atom stereocenters. The molecule has 16 amide bonds. The highest BCUT2D eigenvalue weighted by molar-refractivity contribution is 6.01. The molecular formula is C82H140N22O25. The normalized spacial score (nSPS) is 16.9. The SMILES string of the molecule is CC[C@H](C)[C@H](NC(=O)[C@H](CCCCN)NC(=O)[C@H](CCCCN)NC(=O)CNC(=O)[C@H]1CCCN1C(=O)[C@@H](NC(=O)[C@H](CCC(=O)O)NC(=O)[C@@H](NC(=O)[C@H](Cc1ccc(O)cc1)NC(=O)[C@H](CCCN=C(N)N)NC(=O)[C@@H](NC(=O)[C@@H](N)[C@@H](C)O)[C@@H](C)O)C(C)C)C(C)C)C(=O)N[C@@H](CC(C)C)C(=O)N[C@@H](CCC(N)=O)C(=O)N[C@H](C(=O)N[C@H](C(=O)O)[C@@H](C)O)[C@@H](C)O. The maximum atomic E-state index is 14.7. The summed E-state index contributed by atoms with van der Waals surface area (Å²) >= 11 is 0. The van der Waals surface area contributed by atoms with Gasteiger partial charge in [-0.3, -0.25) is 86.5 Å². The number of benzene rings is 1. The summed E-state index contributed by atoms with van der Waals surface area (Å²) in [5.41, 5.74) is 34.2. The van der Waals surface area contributed by atoms with E-state index < -0.39 is 271 Å². The number of guanidine groups is 1. The molecule has 0 aliphatic carbocycles. The number of aliphatic imine (C=N–C) groups is 1. The summed E-state index contributed by atoms with van der Waals surface area (Å²) in [6, 6.07) is -18.1. The van der Waals surface area contributed by atoms with E-state index in [1.54, 1.807) is 41.5 Å². The van der Waals surface area contributed by atoms with E-state index in [2.05, 4.69) is 74.1 Å². The van der Waals surface area contributed by atoms with Crippen molar-refractivity contribution in [3.05, 3.63) is 29.8 Å². The van der Waals surface area contributed by atoms with Gasteiger partial charge in [-0.05, 0) is 166 Å². The van der Waals surface area contributed by atoms with Crippen molar-refractivity contribution in [1.29, 1.82) is 0 Å². The molecule has 0 bridgehead atoms. The van der Waals surface area contributed by atoms with E-state index in [0.29, 0.717) is 18.4 Å². The quantitative estimate of drug-likeness (QED) is 0.0164. The molecule has 1 aromatic carbocycles. The van der Waals surface area contributed by atoms with E-state index in [0.717, 1.165) is 20.8 Å². The van der Waals surface area contributed by atoms with Crippen molar-refractivity contribution in [1.82, 2.24) is 79.3 Å². The summed E-state index contributed by atoms with van der Waals surface area (Å²) in [6.07, 6.45) is -7.51. The lowest BCUT2D eigenvalue weighted by molar-refractivity contribution is -0.146. The molecular weight excluding hydrogens is 1690 g/mol. The van der Waals surface area contributed by atoms with Crippen molar-refractivity contribution in [3.63, 3.8) is 0 Å². The number of aliphatic hydroxyl groups excluding tert-OH is 4. The Hall–Kier alpha value is -11.5. The van der Waals surface area contributed by atoms with Gasteiger partial charge in [0.1, 0.15) is 90.3 Å². The van der Waals surface area contributed by atoms with Crippen molar-refractivity contribution in [2.24, 2.45) is 63.1 Å². The second kappa shape index (κ2) is 57.4. The number of aromatic hydroxyl groups is 1. The van der Waals surface area contributed by atoms with Crippen LogP contribution in [0.5, 0.6) is 5.75 Å². The van der Waals surface area contributed by atoms with Gasteiger partial charge in [0.25, 0.3) is 0 Å². The lowest BCUT2D eigenvalue weighted by Crippen LogP contribution is -2.62. The molecule has 0 spiro atoms. The third kappa shape index (κ3) is 40.4. The third-order valence-electron chi connectivity index (χ3n) is 21.2. The van der Waals surface area contributed by atoms with Crippen LogP contribution in [0.2, 0.25) is 0 Å². The van der Waals surface area contributed by atoms with Crippen molar-refractivity contribution < 1.29 is 122 Å². The fourth-order valence-corrected chi connectivity index (χ4v) is 13.5. The number of rotatable bonds is 60. The lowest BCUT2D eigenvalue weighted by Gasteiger charge is -2.32. The third-order valence-corrected chi connectivity index (χ3v) is 21.2. The molecule has 0 saturated carbocycles. The molecule has 1 aliphatic rings. The number of carbonyl (C=O) groups is 18. The Morgan fingerprint density at radius 3 is 1.30 bits per heavy atom. The van der Waals surface area contributed by atoms with Gasteiger partial charge in [0.2, 0.25) is 94.5 Å². The molecule has 47 heteroatoms. The Kier molecular flexibility index (Phi) is 50.5. The number of nitrogens with zero attached hydrogens (tertiary/aromatic N) is 2. The first kappa shape index (κ1) is 114. The highest BCUT2D eigenvalue weighted by Crippen LogP contribution is 2.23. The van der Waals surface area contributed by atoms with Crippen LogP contribution in [0.3, 0.4) is 0 Å². The van der Waals surface area contributed by atoms with Crippen LogP contribution in [0.1, 0.15) is 191 Å². The Labute approximate surface area is 749 Å². The molecule has 0 aromatic heterocycles. The molecule has 1 heterocycles. The summed E-state index contributed by atoms with van der Waals surface area (Å²) in [5.74, 6) is -21.9. The van der Waals surface area contributed by atoms with Gasteiger partial charge in [0.15, 0.2) is 12.0 Å². The van der Waals surface area contributed by atoms with Crippen LogP contribution in [0, 0.1) is 23.7 Å². The molecule has 1 aliphatic heterocycles. The fourth-order valence-electron chi connectivity index (χ4n) is 13.5. The van der Waals surface area contributed by atoms with Crippen LogP contribution in [0.25, 0.3) is 0 Å². The van der Waals surface area contributed by atoms with Crippen LogP contribution in [0.4, 0.5) is 0 Å². The second-order valence-corrected chi connectivity index (χ2v) is 33.5. The minimum absolute atomic E-state index is 0.0228. The van der Waals surface area contributed by atoms with Gasteiger partial charge in [0, 0.05) is 32.4 Å². The molecule has 0 radical (unpaired) electrons. The first-order valence-corrected chi connectivity index (χ1v) is 43.4. The van der Waals surface area contributed by atoms with Gasteiger partial charge in [-0.15, -0.1) is 0 Å². The number of phenolic OH excluding ortho intramolecular Hbond substituents is 1. The first-order valence-electron chi connectivity index (χ1n) is 43.4. The van der Waals surface area contributed by atoms with E-state index in [1.165, 1.54) is 49.9 Å². The van der Waals surface area contributed by atoms with E-state index in [-0.39, 0.29) is 114 Å². The average molecular weight is 1830 g/mol. The van der Waals surface area contributed by atoms with Crippen LogP contribution >= 0.6 is 0 Å². The molecule has 47 nitrogen and oxygen atoms in total. The summed E-state index contributed by atoms with van der Waals surface area (Å²) in [4.78, 5) is 254. The predicted octanol–water partition coefficient (Wildman–Crippen LogP) is -7.87. The smallest absolute Gasteiger partial charge is 0.328 e. The zero-order valence-electron chi connectivity index (χ0n) is 75.5. The Bertz CT molecular complexity index is 3940. The molecule has 0 unspecified atom stereocenters. The van der Waals surface area contributed by atoms with Crippen LogP contribution < -0.4 is 109 Å². The molecule has 129 heavy (non-hydrogen) atoms. The van der Waals surface area contributed by atoms with E-state index in [1.807, 2.05) is 5.32 Å². The number of carboxylic acids is 2. The summed E-state index contributed by atoms with van der Waals surface area (Å²) in [5, 5.41) is 105. The number of primary amides is 1. The van der Waals surface area contributed by atoms with Crippen molar-refractivity contribution in [2.45, 2.75) is 307 Å². The van der Waals surface area contributed by atoms with Crippen molar-refractivity contribution in [3.8, 4) is 5.75 Å². The molecule has 728 valence electrons. The van der Waals surface area contributed by atoms with Crippen LogP contribution in [0.15, 0.2) is 29.3 Å². The number of aliphatic hydroxyl groups is 4. The number of amides is 16. The summed E-state index contributed by atoms with van der Waals surface area (Å²) < 4.78 is 0. The van der Waals surface area contributed by atoms with E-state index in [4.69, 9.17) is 34.4 Å². The van der Waals surface area contributed by atoms with Gasteiger partial charge in [-0.2, -0.15) is 0 Å². The lowest BCUT2D eigenvalue weighted by atomic mass is 9.95. The molecule has 2 rings (SSSR count). The maximum Gasteiger partial charge on any atom is 0.328 e. The zero-order valence-corrected chi connectivity index (χ0v) is 75.5. The maximum absolute atomic E-state index is 14.7. The highest BCUT2D eigenvalue weighted by Gasteiger charge is 2.43. The molecule has 1 fully saturated rings. The summed E-state index contributed by atoms with van der Waals surface area (Å²) in [7, 11) is 0. The molecule has 33 N–H and O–H groups in total. The Balaban J connectivity index is 2.48. The topological polar surface area (TPSA) is 789 Å². The van der Waals surface area contributed by atoms with E-state index in [9.17, 15) is 122 Å². The fraction of sp³-hybridized carbons (Fsp3) is 0.695. The van der Waals surface area contributed by atoms with E-state index >= 15 is 0 Å². The first-order chi connectivity index (χ1) is 60.4. The largest absolute Gasteiger partial charge is 0.508 e. The molecule has 1 saturated heterocycles. The van der Waals surface area contributed by atoms with Gasteiger partial charge in [-0.1, -0.05) is 73.9 Å². The number of carbonyl (C=O) groups excluding carboxylic acids is 16. The zero-order chi connectivity index (χ0) is 98.0. The van der Waals surface area contributed by atoms with Gasteiger partial charge < -0.3 is 149 Å². The monoisotopic (exact) mass is 1830 g/mol. The number of hydrogen-bond acceptors (Lipinski definition) is 27.